The third-order valence-electron chi connectivity index (χ3n) is 3.71. The molecule has 1 aromatic heterocycles. The van der Waals surface area contributed by atoms with Gasteiger partial charge in [0, 0.05) is 25.1 Å². The van der Waals surface area contributed by atoms with E-state index in [0.29, 0.717) is 31.4 Å². The van der Waals surface area contributed by atoms with E-state index in [4.69, 9.17) is 9.26 Å². The third kappa shape index (κ3) is 8.05. The molecule has 0 aliphatic rings. The number of nitrogens with one attached hydrogen (secondary N) is 2. The van der Waals surface area contributed by atoms with Crippen molar-refractivity contribution in [3.05, 3.63) is 17.5 Å². The van der Waals surface area contributed by atoms with Gasteiger partial charge in [0.2, 0.25) is 0 Å². The van der Waals surface area contributed by atoms with Crippen LogP contribution in [0, 0.1) is 0 Å². The molecular formula is C18H32N4O3. The lowest BCUT2D eigenvalue weighted by molar-refractivity contribution is -0.147. The average Bonchev–Trinajstić information content (AvgIpc) is 3.02. The summed E-state index contributed by atoms with van der Waals surface area (Å²) in [5, 5.41) is 10.4. The molecule has 0 amide bonds. The summed E-state index contributed by atoms with van der Waals surface area (Å²) in [5.41, 5.74) is 0.990. The number of esters is 1. The van der Waals surface area contributed by atoms with Crippen LogP contribution < -0.4 is 10.6 Å². The summed E-state index contributed by atoms with van der Waals surface area (Å²) in [5.74, 6) is 1.59. The van der Waals surface area contributed by atoms with Crippen LogP contribution in [-0.2, 0) is 16.1 Å². The first-order chi connectivity index (χ1) is 12.0. The Morgan fingerprint density at radius 3 is 2.60 bits per heavy atom. The predicted octanol–water partition coefficient (Wildman–Crippen LogP) is 2.98. The topological polar surface area (TPSA) is 88.8 Å². The van der Waals surface area contributed by atoms with Crippen molar-refractivity contribution in [1.29, 1.82) is 0 Å². The molecule has 25 heavy (non-hydrogen) atoms. The number of aromatic nitrogens is 1. The predicted molar refractivity (Wildman–Crippen MR) is 98.5 cm³/mol. The zero-order valence-electron chi connectivity index (χ0n) is 16.1. The molecule has 0 saturated heterocycles. The second-order valence-corrected chi connectivity index (χ2v) is 6.14. The van der Waals surface area contributed by atoms with E-state index in [1.165, 1.54) is 0 Å². The lowest BCUT2D eigenvalue weighted by Crippen LogP contribution is -2.38. The first-order valence-corrected chi connectivity index (χ1v) is 9.17. The molecule has 0 fully saturated rings. The first-order valence-electron chi connectivity index (χ1n) is 9.17. The van der Waals surface area contributed by atoms with Gasteiger partial charge in [-0.3, -0.25) is 4.79 Å². The molecular weight excluding hydrogens is 320 g/mol. The van der Waals surface area contributed by atoms with Gasteiger partial charge in [-0.15, -0.1) is 0 Å². The molecule has 0 unspecified atom stereocenters. The summed E-state index contributed by atoms with van der Waals surface area (Å²) < 4.78 is 10.5. The largest absolute Gasteiger partial charge is 0.463 e. The fraction of sp³-hybridized carbons (Fsp3) is 0.722. The van der Waals surface area contributed by atoms with E-state index in [1.807, 2.05) is 26.8 Å². The minimum atomic E-state index is -0.219. The van der Waals surface area contributed by atoms with E-state index in [0.717, 1.165) is 30.8 Å². The molecule has 1 heterocycles. The van der Waals surface area contributed by atoms with Gasteiger partial charge in [-0.25, -0.2) is 4.99 Å². The Bertz CT molecular complexity index is 536. The van der Waals surface area contributed by atoms with Gasteiger partial charge in [0.1, 0.15) is 6.54 Å². The Morgan fingerprint density at radius 2 is 2.00 bits per heavy atom. The molecule has 0 spiro atoms. The molecule has 0 saturated carbocycles. The molecule has 7 nitrogen and oxygen atoms in total. The average molecular weight is 352 g/mol. The quantitative estimate of drug-likeness (QED) is 0.382. The summed E-state index contributed by atoms with van der Waals surface area (Å²) in [4.78, 5) is 16.0. The highest BCUT2D eigenvalue weighted by Crippen LogP contribution is 2.22. The minimum Gasteiger partial charge on any atom is -0.463 e. The van der Waals surface area contributed by atoms with Gasteiger partial charge in [0.05, 0.1) is 18.2 Å². The SMILES string of the molecule is CCNC(=NCc1cc(C(CC)CC)no1)NCCC(=O)OC(C)C. The summed E-state index contributed by atoms with van der Waals surface area (Å²) >= 11 is 0. The van der Waals surface area contributed by atoms with Crippen molar-refractivity contribution < 1.29 is 14.1 Å². The Balaban J connectivity index is 2.53. The van der Waals surface area contributed by atoms with Gasteiger partial charge in [-0.2, -0.15) is 0 Å². The molecule has 1 aromatic rings. The Morgan fingerprint density at radius 1 is 1.28 bits per heavy atom. The van der Waals surface area contributed by atoms with E-state index >= 15 is 0 Å². The molecule has 7 heteroatoms. The maximum atomic E-state index is 11.5. The van der Waals surface area contributed by atoms with Crippen LogP contribution in [0.25, 0.3) is 0 Å². The van der Waals surface area contributed by atoms with Crippen LogP contribution in [0.4, 0.5) is 0 Å². The van der Waals surface area contributed by atoms with Crippen LogP contribution >= 0.6 is 0 Å². The minimum absolute atomic E-state index is 0.0925. The summed E-state index contributed by atoms with van der Waals surface area (Å²) in [6, 6.07) is 1.98. The summed E-state index contributed by atoms with van der Waals surface area (Å²) in [6.45, 7) is 11.6. The Hall–Kier alpha value is -2.05. The highest BCUT2D eigenvalue weighted by molar-refractivity contribution is 5.80. The third-order valence-corrected chi connectivity index (χ3v) is 3.71. The van der Waals surface area contributed by atoms with Crippen LogP contribution in [0.3, 0.4) is 0 Å². The monoisotopic (exact) mass is 352 g/mol. The van der Waals surface area contributed by atoms with Crippen molar-refractivity contribution in [2.45, 2.75) is 72.4 Å². The van der Waals surface area contributed by atoms with Crippen molar-refractivity contribution in [1.82, 2.24) is 15.8 Å². The maximum Gasteiger partial charge on any atom is 0.307 e. The van der Waals surface area contributed by atoms with Crippen LogP contribution in [0.5, 0.6) is 0 Å². The number of hydrogen-bond acceptors (Lipinski definition) is 5. The highest BCUT2D eigenvalue weighted by Gasteiger charge is 2.13. The van der Waals surface area contributed by atoms with Gasteiger partial charge >= 0.3 is 5.97 Å². The number of carbonyl (C=O) groups is 1. The van der Waals surface area contributed by atoms with E-state index in [1.54, 1.807) is 0 Å². The summed E-state index contributed by atoms with van der Waals surface area (Å²) in [6.07, 6.45) is 2.29. The van der Waals surface area contributed by atoms with Gasteiger partial charge in [-0.1, -0.05) is 19.0 Å². The van der Waals surface area contributed by atoms with E-state index in [9.17, 15) is 4.79 Å². The molecule has 0 bridgehead atoms. The fourth-order valence-corrected chi connectivity index (χ4v) is 2.41. The Labute approximate surface area is 150 Å². The first kappa shape index (κ1) is 21.0. The smallest absolute Gasteiger partial charge is 0.307 e. The summed E-state index contributed by atoms with van der Waals surface area (Å²) in [7, 11) is 0. The number of guanidine groups is 1. The van der Waals surface area contributed by atoms with Crippen LogP contribution in [-0.4, -0.2) is 36.3 Å². The number of ether oxygens (including phenoxy) is 1. The van der Waals surface area contributed by atoms with Gasteiger partial charge < -0.3 is 19.9 Å². The van der Waals surface area contributed by atoms with Crippen molar-refractivity contribution in [3.63, 3.8) is 0 Å². The molecule has 0 aliphatic carbocycles. The molecule has 0 radical (unpaired) electrons. The lowest BCUT2D eigenvalue weighted by atomic mass is 9.99. The fourth-order valence-electron chi connectivity index (χ4n) is 2.41. The van der Waals surface area contributed by atoms with Gasteiger partial charge in [0.15, 0.2) is 11.7 Å². The van der Waals surface area contributed by atoms with Crippen LogP contribution in [0.2, 0.25) is 0 Å². The Kier molecular flexibility index (Phi) is 9.65. The number of aliphatic imine (C=N–C) groups is 1. The highest BCUT2D eigenvalue weighted by atomic mass is 16.5. The molecule has 0 atom stereocenters. The number of carbonyl (C=O) groups excluding carboxylic acids is 1. The van der Waals surface area contributed by atoms with Gasteiger partial charge in [-0.05, 0) is 33.6 Å². The maximum absolute atomic E-state index is 11.5. The van der Waals surface area contributed by atoms with E-state index in [-0.39, 0.29) is 12.1 Å². The zero-order valence-corrected chi connectivity index (χ0v) is 16.1. The second-order valence-electron chi connectivity index (χ2n) is 6.14. The molecule has 0 aromatic carbocycles. The molecule has 0 aliphatic heterocycles. The number of hydrogen-bond donors (Lipinski definition) is 2. The second kappa shape index (κ2) is 11.5. The standard InChI is InChI=1S/C18H32N4O3/c1-6-14(7-2)16-11-15(25-22-16)12-21-18(19-8-3)20-10-9-17(23)24-13(4)5/h11,13-14H,6-10,12H2,1-5H3,(H2,19,20,21). The van der Waals surface area contributed by atoms with Crippen molar-refractivity contribution in [2.24, 2.45) is 4.99 Å². The molecule has 2 N–H and O–H groups in total. The number of rotatable bonds is 10. The lowest BCUT2D eigenvalue weighted by Gasteiger charge is -2.11. The number of nitrogens with zero attached hydrogens (tertiary/aromatic N) is 2. The molecule has 142 valence electrons. The van der Waals surface area contributed by atoms with Crippen molar-refractivity contribution >= 4 is 11.9 Å². The van der Waals surface area contributed by atoms with Crippen molar-refractivity contribution in [3.8, 4) is 0 Å². The van der Waals surface area contributed by atoms with Crippen molar-refractivity contribution in [2.75, 3.05) is 13.1 Å². The van der Waals surface area contributed by atoms with Crippen LogP contribution in [0.15, 0.2) is 15.6 Å². The zero-order chi connectivity index (χ0) is 18.7. The van der Waals surface area contributed by atoms with Gasteiger partial charge in [0.25, 0.3) is 0 Å². The van der Waals surface area contributed by atoms with E-state index < -0.39 is 0 Å². The van der Waals surface area contributed by atoms with E-state index in [2.05, 4.69) is 34.6 Å². The molecule has 1 rings (SSSR count). The normalized spacial score (nSPS) is 11.9. The van der Waals surface area contributed by atoms with Crippen LogP contribution in [0.1, 0.15) is 71.3 Å².